The van der Waals surface area contributed by atoms with Crippen molar-refractivity contribution in [2.24, 2.45) is 0 Å². The Morgan fingerprint density at radius 1 is 0.743 bits per heavy atom. The molecule has 0 radical (unpaired) electrons. The van der Waals surface area contributed by atoms with E-state index < -0.39 is 11.9 Å². The van der Waals surface area contributed by atoms with Gasteiger partial charge in [0.05, 0.1) is 12.2 Å². The number of ether oxygens (including phenoxy) is 3. The van der Waals surface area contributed by atoms with Crippen molar-refractivity contribution < 1.29 is 40.9 Å². The fraction of sp³-hybridized carbons (Fsp3) is 0.172. The van der Waals surface area contributed by atoms with Crippen LogP contribution in [0.4, 0.5) is 0 Å². The number of benzene rings is 2. The molecule has 0 bridgehead atoms. The van der Waals surface area contributed by atoms with Crippen LogP contribution in [0.15, 0.2) is 103 Å². The van der Waals surface area contributed by atoms with Crippen LogP contribution in [0, 0.1) is 0 Å². The van der Waals surface area contributed by atoms with Crippen LogP contribution in [0.1, 0.15) is 46.9 Å². The van der Waals surface area contributed by atoms with Gasteiger partial charge in [0, 0.05) is 17.1 Å². The molecular formula is C29H28FeO5-6. The number of hydrogen-bond donors (Lipinski definition) is 0. The Morgan fingerprint density at radius 2 is 1.26 bits per heavy atom. The largest absolute Gasteiger partial charge is 0.748 e. The molecule has 0 aliphatic carbocycles. The SMILES string of the molecule is CCCCCOc1ccc(C(=O)Oc2ccc(OC(=O)[c-]3cccc3)cc2)cc1.[Fe].[cH-]1[cH-][cH-][cH-][cH-]1. The Labute approximate surface area is 216 Å². The number of carbonyl (C=O) groups excluding carboxylic acids is 2. The van der Waals surface area contributed by atoms with E-state index in [9.17, 15) is 9.59 Å². The molecule has 0 fully saturated rings. The molecular weight excluding hydrogens is 484 g/mol. The molecule has 6 heteroatoms. The van der Waals surface area contributed by atoms with Gasteiger partial charge in [-0.1, -0.05) is 25.3 Å². The van der Waals surface area contributed by atoms with Crippen LogP contribution in [0.5, 0.6) is 17.2 Å². The summed E-state index contributed by atoms with van der Waals surface area (Å²) in [5, 5.41) is 0. The van der Waals surface area contributed by atoms with Crippen molar-refractivity contribution in [3.8, 4) is 17.2 Å². The molecule has 35 heavy (non-hydrogen) atoms. The van der Waals surface area contributed by atoms with Gasteiger partial charge in [-0.25, -0.2) is 16.9 Å². The van der Waals surface area contributed by atoms with Crippen molar-refractivity contribution in [1.29, 1.82) is 0 Å². The molecule has 0 N–H and O–H groups in total. The normalized spacial score (nSPS) is 9.74. The quantitative estimate of drug-likeness (QED) is 0.0810. The summed E-state index contributed by atoms with van der Waals surface area (Å²) in [6, 6.07) is 30.1. The van der Waals surface area contributed by atoms with Gasteiger partial charge >= 0.3 is 5.97 Å². The van der Waals surface area contributed by atoms with Gasteiger partial charge in [-0.2, -0.15) is 12.1 Å². The van der Waals surface area contributed by atoms with Crippen LogP contribution in [0.25, 0.3) is 0 Å². The summed E-state index contributed by atoms with van der Waals surface area (Å²) < 4.78 is 16.3. The van der Waals surface area contributed by atoms with Crippen molar-refractivity contribution >= 4 is 11.9 Å². The van der Waals surface area contributed by atoms with Gasteiger partial charge in [-0.05, 0) is 55.0 Å². The van der Waals surface area contributed by atoms with E-state index in [1.54, 1.807) is 72.8 Å². The van der Waals surface area contributed by atoms with Crippen molar-refractivity contribution in [2.75, 3.05) is 6.61 Å². The zero-order chi connectivity index (χ0) is 24.0. The smallest absolute Gasteiger partial charge is 0.343 e. The molecule has 4 aromatic rings. The van der Waals surface area contributed by atoms with Crippen LogP contribution in [-0.4, -0.2) is 18.5 Å². The number of esters is 2. The zero-order valence-corrected chi connectivity index (χ0v) is 20.6. The van der Waals surface area contributed by atoms with Gasteiger partial charge in [-0.3, -0.25) is 4.79 Å². The molecule has 0 saturated carbocycles. The first-order valence-electron chi connectivity index (χ1n) is 11.3. The van der Waals surface area contributed by atoms with Crippen LogP contribution in [0.3, 0.4) is 0 Å². The van der Waals surface area contributed by atoms with Gasteiger partial charge in [0.2, 0.25) is 0 Å². The van der Waals surface area contributed by atoms with Crippen LogP contribution in [0.2, 0.25) is 0 Å². The molecule has 4 rings (SSSR count). The molecule has 0 aliphatic heterocycles. The second-order valence-electron chi connectivity index (χ2n) is 7.47. The van der Waals surface area contributed by atoms with Crippen molar-refractivity contribution in [3.63, 3.8) is 0 Å². The summed E-state index contributed by atoms with van der Waals surface area (Å²) in [6.07, 6.45) is 3.29. The fourth-order valence-corrected chi connectivity index (χ4v) is 2.97. The third-order valence-electron chi connectivity index (χ3n) is 4.81. The molecule has 0 atom stereocenters. The van der Waals surface area contributed by atoms with Crippen LogP contribution in [-0.2, 0) is 17.1 Å². The van der Waals surface area contributed by atoms with E-state index in [4.69, 9.17) is 14.2 Å². The minimum Gasteiger partial charge on any atom is -0.748 e. The van der Waals surface area contributed by atoms with E-state index in [0.717, 1.165) is 25.0 Å². The second-order valence-corrected chi connectivity index (χ2v) is 7.47. The molecule has 0 aliphatic rings. The van der Waals surface area contributed by atoms with E-state index in [1.165, 1.54) is 0 Å². The number of unbranched alkanes of at least 4 members (excludes halogenated alkanes) is 2. The first kappa shape index (κ1) is 27.6. The third kappa shape index (κ3) is 9.65. The van der Waals surface area contributed by atoms with Crippen LogP contribution >= 0.6 is 0 Å². The van der Waals surface area contributed by atoms with Gasteiger partial charge in [0.15, 0.2) is 0 Å². The maximum Gasteiger partial charge on any atom is 0.343 e. The van der Waals surface area contributed by atoms with Crippen molar-refractivity contribution in [2.45, 2.75) is 26.2 Å². The Hall–Kier alpha value is -3.60. The second kappa shape index (κ2) is 15.3. The molecule has 0 unspecified atom stereocenters. The summed E-state index contributed by atoms with van der Waals surface area (Å²) >= 11 is 0. The average molecular weight is 512 g/mol. The van der Waals surface area contributed by atoms with E-state index in [1.807, 2.05) is 30.3 Å². The van der Waals surface area contributed by atoms with Gasteiger partial charge in [0.1, 0.15) is 17.2 Å². The average Bonchev–Trinajstić information content (AvgIpc) is 3.61. The molecule has 188 valence electrons. The van der Waals surface area contributed by atoms with Gasteiger partial charge in [-0.15, -0.1) is 0 Å². The van der Waals surface area contributed by atoms with Gasteiger partial charge in [0.25, 0.3) is 5.97 Å². The predicted molar refractivity (Wildman–Crippen MR) is 132 cm³/mol. The molecule has 5 nitrogen and oxygen atoms in total. The molecule has 0 saturated heterocycles. The topological polar surface area (TPSA) is 61.8 Å². The minimum absolute atomic E-state index is 0. The number of rotatable bonds is 9. The van der Waals surface area contributed by atoms with Crippen molar-refractivity contribution in [3.05, 3.63) is 114 Å². The van der Waals surface area contributed by atoms with E-state index in [-0.39, 0.29) is 17.1 Å². The minimum atomic E-state index is -0.468. The van der Waals surface area contributed by atoms with E-state index in [2.05, 4.69) is 6.92 Å². The van der Waals surface area contributed by atoms with E-state index >= 15 is 0 Å². The monoisotopic (exact) mass is 512 g/mol. The predicted octanol–water partition coefficient (Wildman–Crippen LogP) is 6.82. The molecule has 0 amide bonds. The maximum absolute atomic E-state index is 12.3. The zero-order valence-electron chi connectivity index (χ0n) is 19.5. The van der Waals surface area contributed by atoms with Crippen LogP contribution < -0.4 is 14.2 Å². The molecule has 0 heterocycles. The maximum atomic E-state index is 12.3. The summed E-state index contributed by atoms with van der Waals surface area (Å²) in [6.45, 7) is 2.81. The Morgan fingerprint density at radius 3 is 1.80 bits per heavy atom. The Bertz CT molecular complexity index is 1080. The first-order valence-corrected chi connectivity index (χ1v) is 11.3. The summed E-state index contributed by atoms with van der Waals surface area (Å²) in [5.74, 6) is 0.568. The van der Waals surface area contributed by atoms with E-state index in [0.29, 0.717) is 29.2 Å². The first-order chi connectivity index (χ1) is 16.7. The third-order valence-corrected chi connectivity index (χ3v) is 4.81. The standard InChI is InChI=1S/C24H23O5.C5H5.Fe/c1-2-3-6-17-27-20-11-9-19(10-12-20)24(26)29-22-15-13-21(14-16-22)28-23(25)18-7-4-5-8-18;1-2-4-5-3-1;/h4-5,7-16H,2-3,6,17H2,1H3;1-5H;/q-1;-5;. The van der Waals surface area contributed by atoms with Gasteiger partial charge < -0.3 is 44.5 Å². The molecule has 0 spiro atoms. The number of hydrogen-bond acceptors (Lipinski definition) is 5. The number of carbonyl (C=O) groups is 2. The Balaban J connectivity index is 0.000000640. The molecule has 4 aromatic carbocycles. The summed E-state index contributed by atoms with van der Waals surface area (Å²) in [4.78, 5) is 24.2. The summed E-state index contributed by atoms with van der Waals surface area (Å²) in [7, 11) is 0. The molecule has 0 aromatic heterocycles. The Kier molecular flexibility index (Phi) is 12.1. The fourth-order valence-electron chi connectivity index (χ4n) is 2.97. The van der Waals surface area contributed by atoms with Crippen molar-refractivity contribution in [1.82, 2.24) is 0 Å². The summed E-state index contributed by atoms with van der Waals surface area (Å²) in [5.41, 5.74) is 0.913.